The Kier molecular flexibility index (Phi) is 6.77. The average Bonchev–Trinajstić information content (AvgIpc) is 3.31. The Labute approximate surface area is 198 Å². The van der Waals surface area contributed by atoms with Gasteiger partial charge in [0.15, 0.2) is 5.82 Å². The third-order valence-corrected chi connectivity index (χ3v) is 5.17. The Balaban J connectivity index is 1.73. The van der Waals surface area contributed by atoms with Crippen LogP contribution in [0, 0.1) is 6.92 Å². The predicted octanol–water partition coefficient (Wildman–Crippen LogP) is 4.91. The minimum absolute atomic E-state index is 0.0225. The number of carbonyl (C=O) groups is 1. The maximum atomic E-state index is 13.1. The van der Waals surface area contributed by atoms with Crippen molar-refractivity contribution in [1.29, 1.82) is 0 Å². The van der Waals surface area contributed by atoms with Gasteiger partial charge >= 0.3 is 0 Å². The van der Waals surface area contributed by atoms with Crippen molar-refractivity contribution in [2.75, 3.05) is 26.1 Å². The molecular weight excluding hydrogens is 432 g/mol. The molecule has 0 aliphatic carbocycles. The molecule has 8 nitrogen and oxygen atoms in total. The number of nitrogens with zero attached hydrogens (tertiary/aromatic N) is 3. The maximum Gasteiger partial charge on any atom is 0.295 e. The molecule has 1 heterocycles. The number of hydrogen-bond donors (Lipinski definition) is 1. The molecule has 0 saturated heterocycles. The van der Waals surface area contributed by atoms with E-state index in [1.165, 1.54) is 7.11 Å². The van der Waals surface area contributed by atoms with Gasteiger partial charge in [-0.05, 0) is 50.2 Å². The van der Waals surface area contributed by atoms with Crippen LogP contribution in [0.1, 0.15) is 23.1 Å². The van der Waals surface area contributed by atoms with Gasteiger partial charge in [-0.1, -0.05) is 29.8 Å². The second-order valence-corrected chi connectivity index (χ2v) is 7.48. The first kappa shape index (κ1) is 22.8. The molecule has 1 amide bonds. The number of anilines is 1. The Bertz CT molecular complexity index is 1280. The quantitative estimate of drug-likeness (QED) is 0.404. The van der Waals surface area contributed by atoms with Gasteiger partial charge in [0, 0.05) is 11.6 Å². The van der Waals surface area contributed by atoms with Crippen molar-refractivity contribution in [3.05, 3.63) is 78.1 Å². The lowest BCUT2D eigenvalue weighted by Gasteiger charge is -2.10. The number of hydrogen-bond acceptors (Lipinski definition) is 6. The molecule has 4 aromatic rings. The number of carbonyl (C=O) groups excluding carboxylic acids is 1. The van der Waals surface area contributed by atoms with E-state index in [0.29, 0.717) is 29.6 Å². The van der Waals surface area contributed by atoms with Crippen LogP contribution in [-0.2, 0) is 0 Å². The standard InChI is InChI=1S/C26H26N4O4/c1-5-34-20-12-10-19(11-13-20)30-25(18-8-6-17(2)7-9-18)28-24(29-30)26(31)27-22-16-21(32-3)14-15-23(22)33-4/h6-16H,5H2,1-4H3,(H,27,31). The van der Waals surface area contributed by atoms with Crippen molar-refractivity contribution in [3.8, 4) is 34.3 Å². The minimum Gasteiger partial charge on any atom is -0.497 e. The normalized spacial score (nSPS) is 10.6. The van der Waals surface area contributed by atoms with Crippen LogP contribution in [0.3, 0.4) is 0 Å². The molecule has 4 rings (SSSR count). The summed E-state index contributed by atoms with van der Waals surface area (Å²) in [6.45, 7) is 4.53. The average molecular weight is 459 g/mol. The van der Waals surface area contributed by atoms with E-state index in [-0.39, 0.29) is 5.82 Å². The first-order valence-corrected chi connectivity index (χ1v) is 10.8. The highest BCUT2D eigenvalue weighted by molar-refractivity contribution is 6.02. The van der Waals surface area contributed by atoms with Crippen LogP contribution in [0.2, 0.25) is 0 Å². The lowest BCUT2D eigenvalue weighted by Crippen LogP contribution is -2.15. The maximum absolute atomic E-state index is 13.1. The van der Waals surface area contributed by atoms with Gasteiger partial charge in [-0.2, -0.15) is 0 Å². The minimum atomic E-state index is -0.468. The zero-order valence-electron chi connectivity index (χ0n) is 19.5. The molecule has 0 aliphatic rings. The number of nitrogens with one attached hydrogen (secondary N) is 1. The van der Waals surface area contributed by atoms with Gasteiger partial charge in [0.25, 0.3) is 5.91 Å². The van der Waals surface area contributed by atoms with E-state index < -0.39 is 5.91 Å². The van der Waals surface area contributed by atoms with Crippen LogP contribution in [0.15, 0.2) is 66.7 Å². The van der Waals surface area contributed by atoms with E-state index in [1.807, 2.05) is 62.4 Å². The number of methoxy groups -OCH3 is 2. The number of rotatable bonds is 8. The lowest BCUT2D eigenvalue weighted by atomic mass is 10.1. The van der Waals surface area contributed by atoms with Crippen LogP contribution in [-0.4, -0.2) is 41.5 Å². The molecule has 8 heteroatoms. The molecule has 34 heavy (non-hydrogen) atoms. The molecule has 0 aliphatic heterocycles. The number of benzene rings is 3. The third-order valence-electron chi connectivity index (χ3n) is 5.17. The van der Waals surface area contributed by atoms with Crippen LogP contribution >= 0.6 is 0 Å². The lowest BCUT2D eigenvalue weighted by molar-refractivity contribution is 0.101. The summed E-state index contributed by atoms with van der Waals surface area (Å²) >= 11 is 0. The Morgan fingerprint density at radius 2 is 1.65 bits per heavy atom. The summed E-state index contributed by atoms with van der Waals surface area (Å²) in [7, 11) is 3.09. The summed E-state index contributed by atoms with van der Waals surface area (Å²) in [6.07, 6.45) is 0. The van der Waals surface area contributed by atoms with Crippen LogP contribution in [0.5, 0.6) is 17.2 Å². The van der Waals surface area contributed by atoms with Crippen molar-refractivity contribution in [2.24, 2.45) is 0 Å². The summed E-state index contributed by atoms with van der Waals surface area (Å²) in [5.74, 6) is 1.94. The van der Waals surface area contributed by atoms with E-state index >= 15 is 0 Å². The number of amides is 1. The third kappa shape index (κ3) is 4.85. The van der Waals surface area contributed by atoms with Gasteiger partial charge in [0.2, 0.25) is 5.82 Å². The SMILES string of the molecule is CCOc1ccc(-n2nc(C(=O)Nc3cc(OC)ccc3OC)nc2-c2ccc(C)cc2)cc1. The zero-order valence-corrected chi connectivity index (χ0v) is 19.5. The number of ether oxygens (including phenoxy) is 3. The highest BCUT2D eigenvalue weighted by Crippen LogP contribution is 2.30. The fraction of sp³-hybridized carbons (Fsp3) is 0.192. The molecule has 3 aromatic carbocycles. The summed E-state index contributed by atoms with van der Waals surface area (Å²) in [6, 6.07) is 20.5. The largest absolute Gasteiger partial charge is 0.497 e. The molecule has 0 bridgehead atoms. The molecule has 174 valence electrons. The summed E-state index contributed by atoms with van der Waals surface area (Å²) in [4.78, 5) is 17.7. The first-order valence-electron chi connectivity index (χ1n) is 10.8. The van der Waals surface area contributed by atoms with Gasteiger partial charge in [-0.3, -0.25) is 4.79 Å². The van der Waals surface area contributed by atoms with Gasteiger partial charge in [0.05, 0.1) is 32.2 Å². The molecule has 0 fully saturated rings. The molecule has 0 radical (unpaired) electrons. The van der Waals surface area contributed by atoms with Crippen LogP contribution in [0.25, 0.3) is 17.1 Å². The topological polar surface area (TPSA) is 87.5 Å². The van der Waals surface area contributed by atoms with Crippen LogP contribution < -0.4 is 19.5 Å². The fourth-order valence-electron chi connectivity index (χ4n) is 3.42. The van der Waals surface area contributed by atoms with Crippen molar-refractivity contribution in [2.45, 2.75) is 13.8 Å². The van der Waals surface area contributed by atoms with Gasteiger partial charge in [0.1, 0.15) is 17.2 Å². The molecule has 0 atom stereocenters. The smallest absolute Gasteiger partial charge is 0.295 e. The second kappa shape index (κ2) is 10.1. The van der Waals surface area contributed by atoms with E-state index in [9.17, 15) is 4.79 Å². The molecule has 1 aromatic heterocycles. The Morgan fingerprint density at radius 3 is 2.29 bits per heavy atom. The second-order valence-electron chi connectivity index (χ2n) is 7.48. The van der Waals surface area contributed by atoms with Crippen molar-refractivity contribution < 1.29 is 19.0 Å². The monoisotopic (exact) mass is 458 g/mol. The Hall–Kier alpha value is -4.33. The summed E-state index contributed by atoms with van der Waals surface area (Å²) < 4.78 is 17.8. The van der Waals surface area contributed by atoms with Crippen molar-refractivity contribution in [1.82, 2.24) is 14.8 Å². The molecule has 0 spiro atoms. The number of aryl methyl sites for hydroxylation is 1. The van der Waals surface area contributed by atoms with E-state index in [4.69, 9.17) is 14.2 Å². The van der Waals surface area contributed by atoms with E-state index in [1.54, 1.807) is 30.0 Å². The van der Waals surface area contributed by atoms with Gasteiger partial charge < -0.3 is 19.5 Å². The van der Waals surface area contributed by atoms with E-state index in [2.05, 4.69) is 15.4 Å². The van der Waals surface area contributed by atoms with Crippen LogP contribution in [0.4, 0.5) is 5.69 Å². The van der Waals surface area contributed by atoms with Gasteiger partial charge in [-0.25, -0.2) is 9.67 Å². The fourth-order valence-corrected chi connectivity index (χ4v) is 3.42. The highest BCUT2D eigenvalue weighted by atomic mass is 16.5. The summed E-state index contributed by atoms with van der Waals surface area (Å²) in [5.41, 5.74) is 3.18. The van der Waals surface area contributed by atoms with Crippen molar-refractivity contribution >= 4 is 11.6 Å². The number of aromatic nitrogens is 3. The molecule has 0 unspecified atom stereocenters. The molecule has 0 saturated carbocycles. The van der Waals surface area contributed by atoms with Crippen molar-refractivity contribution in [3.63, 3.8) is 0 Å². The molecule has 1 N–H and O–H groups in total. The zero-order chi connectivity index (χ0) is 24.1. The van der Waals surface area contributed by atoms with Gasteiger partial charge in [-0.15, -0.1) is 5.10 Å². The van der Waals surface area contributed by atoms with E-state index in [0.717, 1.165) is 22.6 Å². The first-order chi connectivity index (χ1) is 16.5. The highest BCUT2D eigenvalue weighted by Gasteiger charge is 2.20. The Morgan fingerprint density at radius 1 is 0.941 bits per heavy atom. The predicted molar refractivity (Wildman–Crippen MR) is 130 cm³/mol. The molecular formula is C26H26N4O4. The summed E-state index contributed by atoms with van der Waals surface area (Å²) in [5, 5.41) is 7.36.